The van der Waals surface area contributed by atoms with E-state index in [1.165, 1.54) is 22.3 Å². The first-order valence-electron chi connectivity index (χ1n) is 18.3. The number of fused-ring (bicyclic) bond motifs is 3. The molecule has 0 saturated carbocycles. The van der Waals surface area contributed by atoms with Gasteiger partial charge in [-0.25, -0.2) is 4.98 Å². The van der Waals surface area contributed by atoms with Crippen LogP contribution < -0.4 is 14.5 Å². The summed E-state index contributed by atoms with van der Waals surface area (Å²) in [5.74, 6) is 2.05. The molecule has 0 atom stereocenters. The summed E-state index contributed by atoms with van der Waals surface area (Å²) >= 11 is 0. The van der Waals surface area contributed by atoms with Gasteiger partial charge in [0.15, 0.2) is 0 Å². The number of nitrogens with zero attached hydrogens (tertiary/aromatic N) is 4. The minimum atomic E-state index is -0.0181. The topological polar surface area (TPSA) is 33.5 Å². The fourth-order valence-electron chi connectivity index (χ4n) is 7.29. The molecule has 0 unspecified atom stereocenters. The first kappa shape index (κ1) is 36.1. The van der Waals surface area contributed by atoms with Gasteiger partial charge >= 0.3 is 0 Å². The Morgan fingerprint density at radius 3 is 2.15 bits per heavy atom. The van der Waals surface area contributed by atoms with Crippen molar-refractivity contribution >= 4 is 33.2 Å². The summed E-state index contributed by atoms with van der Waals surface area (Å²) in [6.45, 7) is 10.9. The van der Waals surface area contributed by atoms with E-state index >= 15 is 0 Å². The largest absolute Gasteiger partial charge is 0.509 e. The molecule has 1 aliphatic rings. The molecule has 274 valence electrons. The summed E-state index contributed by atoms with van der Waals surface area (Å²) in [4.78, 5) is 9.09. The Morgan fingerprint density at radius 1 is 0.636 bits per heavy atom. The van der Waals surface area contributed by atoms with Crippen LogP contribution in [0.25, 0.3) is 49.9 Å². The predicted molar refractivity (Wildman–Crippen MR) is 222 cm³/mol. The van der Waals surface area contributed by atoms with Crippen LogP contribution in [0.1, 0.15) is 31.9 Å². The summed E-state index contributed by atoms with van der Waals surface area (Å²) < 4.78 is 8.88. The Hall–Kier alpha value is -5.90. The van der Waals surface area contributed by atoms with E-state index in [9.17, 15) is 0 Å². The van der Waals surface area contributed by atoms with Gasteiger partial charge in [-0.1, -0.05) is 117 Å². The molecule has 2 aromatic heterocycles. The molecule has 0 N–H and O–H groups in total. The molecule has 0 saturated heterocycles. The van der Waals surface area contributed by atoms with Gasteiger partial charge in [0.1, 0.15) is 5.82 Å². The molecule has 0 aliphatic carbocycles. The van der Waals surface area contributed by atoms with Crippen molar-refractivity contribution in [2.24, 2.45) is 0 Å². The van der Waals surface area contributed by atoms with E-state index in [0.29, 0.717) is 11.5 Å². The first-order valence-corrected chi connectivity index (χ1v) is 18.3. The van der Waals surface area contributed by atoms with Crippen LogP contribution in [0.3, 0.4) is 0 Å². The second-order valence-corrected chi connectivity index (χ2v) is 14.7. The van der Waals surface area contributed by atoms with E-state index in [4.69, 9.17) is 9.72 Å². The fourth-order valence-corrected chi connectivity index (χ4v) is 7.29. The van der Waals surface area contributed by atoms with Crippen LogP contribution in [0, 0.1) is 25.7 Å². The van der Waals surface area contributed by atoms with Gasteiger partial charge in [-0.3, -0.25) is 0 Å². The number of rotatable bonds is 7. The zero-order chi connectivity index (χ0) is 36.8. The van der Waals surface area contributed by atoms with Crippen molar-refractivity contribution in [1.29, 1.82) is 0 Å². The number of benzene rings is 6. The van der Waals surface area contributed by atoms with Gasteiger partial charge < -0.3 is 19.1 Å². The van der Waals surface area contributed by atoms with Gasteiger partial charge in [0, 0.05) is 50.0 Å². The van der Waals surface area contributed by atoms with Crippen molar-refractivity contribution in [3.8, 4) is 39.6 Å². The molecule has 0 spiro atoms. The molecule has 0 bridgehead atoms. The summed E-state index contributed by atoms with van der Waals surface area (Å²) in [6.07, 6.45) is 6.05. The fraction of sp³-hybridized carbons (Fsp3) is 0.102. The molecule has 6 aromatic carbocycles. The molecular weight excluding hydrogens is 856 g/mol. The monoisotopic (exact) mass is 894 g/mol. The molecule has 3 heterocycles. The van der Waals surface area contributed by atoms with E-state index in [1.54, 1.807) is 0 Å². The second kappa shape index (κ2) is 14.7. The Morgan fingerprint density at radius 2 is 1.36 bits per heavy atom. The Balaban J connectivity index is 0.00000427. The number of hydrogen-bond donors (Lipinski definition) is 0. The van der Waals surface area contributed by atoms with Gasteiger partial charge in [0.2, 0.25) is 0 Å². The van der Waals surface area contributed by atoms with E-state index in [0.717, 1.165) is 50.1 Å². The molecule has 8 aromatic rings. The molecule has 0 radical (unpaired) electrons. The number of ether oxygens (including phenoxy) is 1. The summed E-state index contributed by atoms with van der Waals surface area (Å²) in [5, 5.41) is 2.23. The number of pyridine rings is 1. The number of anilines is 2. The van der Waals surface area contributed by atoms with Gasteiger partial charge in [0.25, 0.3) is 0 Å². The predicted octanol–water partition coefficient (Wildman–Crippen LogP) is 12.4. The van der Waals surface area contributed by atoms with Crippen molar-refractivity contribution in [3.63, 3.8) is 0 Å². The first-order chi connectivity index (χ1) is 26.3. The van der Waals surface area contributed by atoms with Gasteiger partial charge in [0.05, 0.1) is 0 Å². The standard InChI is InChI=1S/C49H39N4O.Pt/c1-34-42(36-16-9-6-10-17-36)19-13-21-45(34)52-27-26-51(33-52)39-28-37(35-14-7-5-8-15-35)29-41(31-39)54-40-22-23-44-43-18-11-12-20-46(43)53(47(44)32-40)48-30-38(24-25-50-48)49(2,3)4;/h5-30,33H,1-4H3;/q-3;. The average Bonchev–Trinajstić information content (AvgIpc) is 3.82. The summed E-state index contributed by atoms with van der Waals surface area (Å²) in [6, 6.07) is 55.6. The second-order valence-electron chi connectivity index (χ2n) is 14.7. The van der Waals surface area contributed by atoms with Gasteiger partial charge in [-0.2, -0.15) is 6.07 Å². The zero-order valence-corrected chi connectivity index (χ0v) is 33.4. The van der Waals surface area contributed by atoms with E-state index in [2.05, 4.69) is 195 Å². The van der Waals surface area contributed by atoms with Crippen LogP contribution >= 0.6 is 0 Å². The smallest absolute Gasteiger partial charge is 0.135 e. The quantitative estimate of drug-likeness (QED) is 0.149. The van der Waals surface area contributed by atoms with Gasteiger partial charge in [-0.15, -0.1) is 53.6 Å². The van der Waals surface area contributed by atoms with Crippen LogP contribution in [-0.2, 0) is 26.5 Å². The molecule has 55 heavy (non-hydrogen) atoms. The minimum absolute atomic E-state index is 0. The van der Waals surface area contributed by atoms with Crippen molar-refractivity contribution in [1.82, 2.24) is 9.55 Å². The average molecular weight is 895 g/mol. The Bertz CT molecular complexity index is 2680. The maximum Gasteiger partial charge on any atom is 0.135 e. The molecule has 5 nitrogen and oxygen atoms in total. The van der Waals surface area contributed by atoms with Crippen LogP contribution in [-0.4, -0.2) is 9.55 Å². The van der Waals surface area contributed by atoms with Crippen molar-refractivity contribution < 1.29 is 25.8 Å². The van der Waals surface area contributed by atoms with Crippen LogP contribution in [0.4, 0.5) is 11.4 Å². The van der Waals surface area contributed by atoms with E-state index < -0.39 is 0 Å². The third-order valence-electron chi connectivity index (χ3n) is 10.1. The Kier molecular flexibility index (Phi) is 9.67. The number of aromatic nitrogens is 2. The summed E-state index contributed by atoms with van der Waals surface area (Å²) in [5.41, 5.74) is 10.9. The van der Waals surface area contributed by atoms with Crippen molar-refractivity contribution in [2.45, 2.75) is 33.1 Å². The van der Waals surface area contributed by atoms with Crippen LogP contribution in [0.5, 0.6) is 11.5 Å². The SMILES string of the molecule is Cc1c(-c2ccccc2)cccc1N1C=CN(c2[c-]c(Oc3[c-]c4c(cc3)c3ccccc3n4-c3cc(C(C)(C)C)ccn3)cc(-c3ccccc3)c2)[CH-]1.[Pt]. The molecule has 9 rings (SSSR count). The minimum Gasteiger partial charge on any atom is -0.509 e. The number of hydrogen-bond acceptors (Lipinski definition) is 4. The zero-order valence-electron chi connectivity index (χ0n) is 31.1. The van der Waals surface area contributed by atoms with Crippen molar-refractivity contribution in [2.75, 3.05) is 9.80 Å². The maximum absolute atomic E-state index is 6.69. The normalized spacial score (nSPS) is 12.7. The Labute approximate surface area is 337 Å². The third kappa shape index (κ3) is 6.97. The third-order valence-corrected chi connectivity index (χ3v) is 10.1. The van der Waals surface area contributed by atoms with Gasteiger partial charge in [-0.05, 0) is 82.2 Å². The molecule has 0 fully saturated rings. The van der Waals surface area contributed by atoms with E-state index in [1.807, 2.05) is 24.4 Å². The van der Waals surface area contributed by atoms with E-state index in [-0.39, 0.29) is 26.5 Å². The molecular formula is C49H39N4OPt-3. The maximum atomic E-state index is 6.69. The molecule has 1 aliphatic heterocycles. The summed E-state index contributed by atoms with van der Waals surface area (Å²) in [7, 11) is 0. The van der Waals surface area contributed by atoms with Crippen molar-refractivity contribution in [3.05, 3.63) is 188 Å². The molecule has 0 amide bonds. The van der Waals surface area contributed by atoms with Crippen LogP contribution in [0.2, 0.25) is 0 Å². The number of para-hydroxylation sites is 1. The van der Waals surface area contributed by atoms with Crippen LogP contribution in [0.15, 0.2) is 158 Å². The molecule has 6 heteroatoms.